The number of hydrogen-bond acceptors (Lipinski definition) is 3. The van der Waals surface area contributed by atoms with Crippen LogP contribution in [0.4, 0.5) is 11.4 Å². The number of benzene rings is 1. The summed E-state index contributed by atoms with van der Waals surface area (Å²) in [5.74, 6) is 0. The molecule has 0 saturated heterocycles. The summed E-state index contributed by atoms with van der Waals surface area (Å²) in [6.45, 7) is 0. The number of nitrogens with one attached hydrogen (secondary N) is 1. The fourth-order valence-electron chi connectivity index (χ4n) is 2.21. The monoisotopic (exact) mass is 301 g/mol. The quantitative estimate of drug-likeness (QED) is 0.841. The topological polar surface area (TPSA) is 47.3 Å². The summed E-state index contributed by atoms with van der Waals surface area (Å²) in [5.41, 5.74) is 7.59. The van der Waals surface area contributed by atoms with Crippen molar-refractivity contribution in [3.05, 3.63) is 22.7 Å². The van der Waals surface area contributed by atoms with Crippen LogP contribution >= 0.6 is 15.9 Å². The van der Waals surface area contributed by atoms with E-state index in [2.05, 4.69) is 21.2 Å². The van der Waals surface area contributed by atoms with Crippen molar-refractivity contribution in [1.29, 1.82) is 0 Å². The van der Waals surface area contributed by atoms with E-state index in [9.17, 15) is 0 Å². The number of hydrogen-bond donors (Lipinski definition) is 2. The van der Waals surface area contributed by atoms with Crippen molar-refractivity contribution in [2.45, 2.75) is 37.8 Å². The first-order valence-corrected chi connectivity index (χ1v) is 6.62. The van der Waals surface area contributed by atoms with Gasteiger partial charge in [-0.3, -0.25) is 0 Å². The number of ether oxygens (including phenoxy) is 1. The summed E-state index contributed by atoms with van der Waals surface area (Å²) < 4.78 is 27.4. The number of nitrogen functional groups attached to an aromatic ring is 1. The van der Waals surface area contributed by atoms with Crippen LogP contribution in [0, 0.1) is 0 Å². The van der Waals surface area contributed by atoms with Crippen molar-refractivity contribution in [1.82, 2.24) is 0 Å². The van der Waals surface area contributed by atoms with Gasteiger partial charge >= 0.3 is 0 Å². The zero-order valence-corrected chi connectivity index (χ0v) is 11.2. The van der Waals surface area contributed by atoms with Crippen molar-refractivity contribution in [3.63, 3.8) is 0 Å². The minimum atomic E-state index is -2.29. The fraction of sp³-hybridized carbons (Fsp3) is 0.538. The van der Waals surface area contributed by atoms with Gasteiger partial charge in [-0.05, 0) is 43.9 Å². The zero-order chi connectivity index (χ0) is 14.8. The van der Waals surface area contributed by atoms with E-state index in [0.717, 1.165) is 35.8 Å². The molecule has 1 saturated carbocycles. The summed E-state index contributed by atoms with van der Waals surface area (Å²) in [6, 6.07) is 6.08. The lowest BCUT2D eigenvalue weighted by molar-refractivity contribution is 0.0682. The molecular weight excluding hydrogens is 280 g/mol. The van der Waals surface area contributed by atoms with Crippen LogP contribution < -0.4 is 11.1 Å². The maximum atomic E-state index is 7.12. The summed E-state index contributed by atoms with van der Waals surface area (Å²) in [4.78, 5) is 0. The van der Waals surface area contributed by atoms with Gasteiger partial charge in [-0.25, -0.2) is 0 Å². The molecule has 1 aliphatic carbocycles. The fourth-order valence-corrected chi connectivity index (χ4v) is 2.59. The third kappa shape index (κ3) is 3.36. The minimum Gasteiger partial charge on any atom is -0.397 e. The van der Waals surface area contributed by atoms with E-state index in [4.69, 9.17) is 14.6 Å². The van der Waals surface area contributed by atoms with Gasteiger partial charge in [-0.1, -0.05) is 15.9 Å². The van der Waals surface area contributed by atoms with Crippen LogP contribution in [0.1, 0.15) is 29.8 Å². The van der Waals surface area contributed by atoms with Gasteiger partial charge in [-0.2, -0.15) is 0 Å². The molecule has 0 aromatic heterocycles. The summed E-state index contributed by atoms with van der Waals surface area (Å²) in [6.07, 6.45) is 3.12. The van der Waals surface area contributed by atoms with Crippen molar-refractivity contribution in [3.8, 4) is 0 Å². The van der Waals surface area contributed by atoms with Crippen LogP contribution in [0.25, 0.3) is 0 Å². The van der Waals surface area contributed by atoms with Gasteiger partial charge in [0.15, 0.2) is 0 Å². The maximum absolute atomic E-state index is 7.12. The molecular formula is C13H19BrN2O. The third-order valence-electron chi connectivity index (χ3n) is 3.21. The van der Waals surface area contributed by atoms with Gasteiger partial charge in [0.25, 0.3) is 0 Å². The Labute approximate surface area is 115 Å². The SMILES string of the molecule is [2H]C([2H])([2H])O[C@H]1CC[C@H](Nc2ccc(Br)cc2N)CC1. The molecule has 1 aliphatic rings. The molecule has 0 radical (unpaired) electrons. The third-order valence-corrected chi connectivity index (χ3v) is 3.71. The highest BCUT2D eigenvalue weighted by atomic mass is 79.9. The van der Waals surface area contributed by atoms with Crippen LogP contribution in [-0.2, 0) is 4.74 Å². The number of halogens is 1. The highest BCUT2D eigenvalue weighted by molar-refractivity contribution is 9.10. The van der Waals surface area contributed by atoms with Gasteiger partial charge < -0.3 is 15.8 Å². The maximum Gasteiger partial charge on any atom is 0.0576 e. The Morgan fingerprint density at radius 1 is 1.41 bits per heavy atom. The van der Waals surface area contributed by atoms with Gasteiger partial charge in [0.1, 0.15) is 0 Å². The lowest BCUT2D eigenvalue weighted by atomic mass is 9.93. The molecule has 0 atom stereocenters. The molecule has 1 aromatic carbocycles. The molecule has 0 aliphatic heterocycles. The van der Waals surface area contributed by atoms with E-state index in [1.807, 2.05) is 18.2 Å². The molecule has 2 rings (SSSR count). The molecule has 1 fully saturated rings. The highest BCUT2D eigenvalue weighted by Crippen LogP contribution is 2.28. The lowest BCUT2D eigenvalue weighted by Crippen LogP contribution is -2.29. The van der Waals surface area contributed by atoms with E-state index in [-0.39, 0.29) is 6.10 Å². The van der Waals surface area contributed by atoms with Crippen LogP contribution in [0.5, 0.6) is 0 Å². The number of methoxy groups -OCH3 is 1. The highest BCUT2D eigenvalue weighted by Gasteiger charge is 2.20. The van der Waals surface area contributed by atoms with Crippen LogP contribution in [0.3, 0.4) is 0 Å². The molecule has 94 valence electrons. The van der Waals surface area contributed by atoms with Crippen molar-refractivity contribution >= 4 is 27.3 Å². The molecule has 1 aromatic rings. The average Bonchev–Trinajstić information content (AvgIpc) is 2.33. The lowest BCUT2D eigenvalue weighted by Gasteiger charge is -2.29. The second kappa shape index (κ2) is 5.74. The van der Waals surface area contributed by atoms with E-state index >= 15 is 0 Å². The number of rotatable bonds is 3. The molecule has 0 unspecified atom stereocenters. The number of nitrogens with two attached hydrogens (primary N) is 1. The van der Waals surface area contributed by atoms with E-state index < -0.39 is 7.04 Å². The van der Waals surface area contributed by atoms with E-state index in [0.29, 0.717) is 11.7 Å². The summed E-state index contributed by atoms with van der Waals surface area (Å²) in [5, 5.41) is 3.42. The van der Waals surface area contributed by atoms with Crippen LogP contribution in [-0.4, -0.2) is 19.2 Å². The predicted octanol–water partition coefficient (Wildman–Crippen LogP) is 3.40. The Kier molecular flexibility index (Phi) is 3.11. The first-order chi connectivity index (χ1) is 9.33. The Hall–Kier alpha value is -0.740. The largest absolute Gasteiger partial charge is 0.397 e. The molecule has 3 N–H and O–H groups in total. The van der Waals surface area contributed by atoms with E-state index in [1.165, 1.54) is 0 Å². The smallest absolute Gasteiger partial charge is 0.0576 e. The zero-order valence-electron chi connectivity index (χ0n) is 12.6. The molecule has 17 heavy (non-hydrogen) atoms. The van der Waals surface area contributed by atoms with Gasteiger partial charge in [0, 0.05) is 17.6 Å². The second-order valence-corrected chi connectivity index (χ2v) is 5.38. The van der Waals surface area contributed by atoms with Gasteiger partial charge in [-0.15, -0.1) is 0 Å². The Balaban J connectivity index is 1.85. The van der Waals surface area contributed by atoms with E-state index in [1.54, 1.807) is 0 Å². The Bertz CT molecular complexity index is 459. The van der Waals surface area contributed by atoms with Crippen LogP contribution in [0.15, 0.2) is 22.7 Å². The molecule has 0 spiro atoms. The first-order valence-electron chi connectivity index (χ1n) is 7.33. The first kappa shape index (κ1) is 9.22. The van der Waals surface area contributed by atoms with Crippen molar-refractivity contribution in [2.24, 2.45) is 0 Å². The normalized spacial score (nSPS) is 27.9. The van der Waals surface area contributed by atoms with Crippen molar-refractivity contribution < 1.29 is 8.85 Å². The van der Waals surface area contributed by atoms with Gasteiger partial charge in [0.05, 0.1) is 21.6 Å². The van der Waals surface area contributed by atoms with Crippen molar-refractivity contribution in [2.75, 3.05) is 18.1 Å². The summed E-state index contributed by atoms with van der Waals surface area (Å²) >= 11 is 3.38. The standard InChI is InChI=1S/C13H19BrN2O/c1-17-11-5-3-10(4-6-11)16-13-7-2-9(14)8-12(13)15/h2,7-8,10-11,16H,3-6,15H2,1H3/t10-,11-/i1D3. The molecule has 4 heteroatoms. The molecule has 0 amide bonds. The molecule has 0 bridgehead atoms. The average molecular weight is 302 g/mol. The predicted molar refractivity (Wildman–Crippen MR) is 75.2 cm³/mol. The van der Waals surface area contributed by atoms with Crippen LogP contribution in [0.2, 0.25) is 0 Å². The summed E-state index contributed by atoms with van der Waals surface area (Å²) in [7, 11) is -2.29. The Morgan fingerprint density at radius 3 is 2.82 bits per heavy atom. The Morgan fingerprint density at radius 2 is 2.18 bits per heavy atom. The molecule has 3 nitrogen and oxygen atoms in total. The molecule has 0 heterocycles. The van der Waals surface area contributed by atoms with Gasteiger partial charge in [0.2, 0.25) is 0 Å². The minimum absolute atomic E-state index is 0.164. The number of anilines is 2. The second-order valence-electron chi connectivity index (χ2n) is 4.47.